The lowest BCUT2D eigenvalue weighted by Gasteiger charge is -2.18. The minimum absolute atomic E-state index is 0.0582. The summed E-state index contributed by atoms with van der Waals surface area (Å²) in [5.41, 5.74) is -1.90. The second-order valence-electron chi connectivity index (χ2n) is 5.08. The van der Waals surface area contributed by atoms with E-state index in [1.807, 2.05) is 6.07 Å². The van der Waals surface area contributed by atoms with Crippen LogP contribution in [-0.4, -0.2) is 27.3 Å². The van der Waals surface area contributed by atoms with Gasteiger partial charge >= 0.3 is 11.7 Å². The van der Waals surface area contributed by atoms with Gasteiger partial charge in [-0.3, -0.25) is 14.8 Å². The van der Waals surface area contributed by atoms with Crippen molar-refractivity contribution in [3.05, 3.63) is 21.5 Å². The standard InChI is InChI=1S/C13H18N4O4/c1-6-21-12(18)13(4,7-14)11-10(17(19)20)9(8(2)3)15-16(11)5/h8H,6H2,1-5H3. The highest BCUT2D eigenvalue weighted by molar-refractivity contribution is 5.87. The first kappa shape index (κ1) is 16.6. The van der Waals surface area contributed by atoms with Gasteiger partial charge in [-0.05, 0) is 13.8 Å². The lowest BCUT2D eigenvalue weighted by molar-refractivity contribution is -0.386. The van der Waals surface area contributed by atoms with Crippen molar-refractivity contribution in [1.82, 2.24) is 9.78 Å². The number of ether oxygens (including phenoxy) is 1. The molecule has 0 fully saturated rings. The van der Waals surface area contributed by atoms with Gasteiger partial charge in [0.2, 0.25) is 0 Å². The van der Waals surface area contributed by atoms with Gasteiger partial charge in [-0.15, -0.1) is 0 Å². The third kappa shape index (κ3) is 2.72. The minimum Gasteiger partial charge on any atom is -0.465 e. The number of nitriles is 1. The summed E-state index contributed by atoms with van der Waals surface area (Å²) in [6, 6.07) is 1.83. The smallest absolute Gasteiger partial charge is 0.332 e. The second kappa shape index (κ2) is 5.91. The molecule has 1 atom stereocenters. The maximum atomic E-state index is 12.1. The fourth-order valence-corrected chi connectivity index (χ4v) is 2.13. The number of nitrogens with zero attached hydrogens (tertiary/aromatic N) is 4. The predicted molar refractivity (Wildman–Crippen MR) is 73.5 cm³/mol. The lowest BCUT2D eigenvalue weighted by Crippen LogP contribution is -2.35. The van der Waals surface area contributed by atoms with E-state index in [0.717, 1.165) is 0 Å². The van der Waals surface area contributed by atoms with Crippen LogP contribution in [0.15, 0.2) is 0 Å². The molecule has 0 N–H and O–H groups in total. The number of carbonyl (C=O) groups is 1. The third-order valence-corrected chi connectivity index (χ3v) is 3.16. The summed E-state index contributed by atoms with van der Waals surface area (Å²) in [6.45, 7) is 6.51. The normalized spacial score (nSPS) is 13.6. The molecule has 0 saturated carbocycles. The Labute approximate surface area is 122 Å². The number of rotatable bonds is 5. The van der Waals surface area contributed by atoms with E-state index in [1.165, 1.54) is 18.7 Å². The number of carbonyl (C=O) groups excluding carboxylic acids is 1. The molecule has 1 heterocycles. The topological polar surface area (TPSA) is 111 Å². The van der Waals surface area contributed by atoms with Crippen molar-refractivity contribution in [2.24, 2.45) is 7.05 Å². The number of hydrogen-bond donors (Lipinski definition) is 0. The highest BCUT2D eigenvalue weighted by Crippen LogP contribution is 2.37. The van der Waals surface area contributed by atoms with E-state index < -0.39 is 16.3 Å². The fraction of sp³-hybridized carbons (Fsp3) is 0.615. The molecule has 0 aliphatic heterocycles. The van der Waals surface area contributed by atoms with Crippen LogP contribution >= 0.6 is 0 Å². The fourth-order valence-electron chi connectivity index (χ4n) is 2.13. The number of nitro groups is 1. The highest BCUT2D eigenvalue weighted by atomic mass is 16.6. The van der Waals surface area contributed by atoms with Crippen molar-refractivity contribution in [1.29, 1.82) is 5.26 Å². The summed E-state index contributed by atoms with van der Waals surface area (Å²) < 4.78 is 6.10. The Bertz CT molecular complexity index is 614. The molecule has 1 rings (SSSR count). The van der Waals surface area contributed by atoms with E-state index in [-0.39, 0.29) is 29.6 Å². The van der Waals surface area contributed by atoms with Crippen molar-refractivity contribution >= 4 is 11.7 Å². The van der Waals surface area contributed by atoms with Crippen LogP contribution in [0.4, 0.5) is 5.69 Å². The number of hydrogen-bond acceptors (Lipinski definition) is 6. The van der Waals surface area contributed by atoms with Gasteiger partial charge in [0.1, 0.15) is 11.4 Å². The zero-order chi connectivity index (χ0) is 16.4. The van der Waals surface area contributed by atoms with Crippen molar-refractivity contribution < 1.29 is 14.5 Å². The van der Waals surface area contributed by atoms with Crippen LogP contribution in [0.3, 0.4) is 0 Å². The Kier molecular flexibility index (Phi) is 4.68. The molecular weight excluding hydrogens is 276 g/mol. The number of esters is 1. The van der Waals surface area contributed by atoms with Crippen LogP contribution in [0, 0.1) is 21.4 Å². The molecule has 1 aromatic rings. The predicted octanol–water partition coefficient (Wildman–Crippen LogP) is 1.80. The Balaban J connectivity index is 3.65. The van der Waals surface area contributed by atoms with Crippen LogP contribution in [0.25, 0.3) is 0 Å². The summed E-state index contributed by atoms with van der Waals surface area (Å²) in [4.78, 5) is 22.9. The Morgan fingerprint density at radius 3 is 2.57 bits per heavy atom. The average molecular weight is 294 g/mol. The SMILES string of the molecule is CCOC(=O)C(C)(C#N)c1c([N+](=O)[O-])c(C(C)C)nn1C. The maximum absolute atomic E-state index is 12.1. The second-order valence-corrected chi connectivity index (χ2v) is 5.08. The van der Waals surface area contributed by atoms with Gasteiger partial charge in [0.25, 0.3) is 0 Å². The van der Waals surface area contributed by atoms with Crippen LogP contribution in [0.5, 0.6) is 0 Å². The minimum atomic E-state index is -1.78. The highest BCUT2D eigenvalue weighted by Gasteiger charge is 2.47. The van der Waals surface area contributed by atoms with Gasteiger partial charge in [0, 0.05) is 13.0 Å². The molecule has 8 heteroatoms. The summed E-state index contributed by atoms with van der Waals surface area (Å²) in [6.07, 6.45) is 0. The zero-order valence-electron chi connectivity index (χ0n) is 12.7. The van der Waals surface area contributed by atoms with Gasteiger partial charge < -0.3 is 4.74 Å². The first-order chi connectivity index (χ1) is 9.70. The van der Waals surface area contributed by atoms with Crippen LogP contribution in [-0.2, 0) is 22.0 Å². The average Bonchev–Trinajstić information content (AvgIpc) is 2.76. The van der Waals surface area contributed by atoms with Crippen LogP contribution in [0.1, 0.15) is 45.0 Å². The monoisotopic (exact) mass is 294 g/mol. The largest absolute Gasteiger partial charge is 0.465 e. The molecule has 0 saturated heterocycles. The number of aromatic nitrogens is 2. The molecule has 0 bridgehead atoms. The first-order valence-electron chi connectivity index (χ1n) is 6.50. The van der Waals surface area contributed by atoms with Crippen LogP contribution < -0.4 is 0 Å². The third-order valence-electron chi connectivity index (χ3n) is 3.16. The van der Waals surface area contributed by atoms with Crippen molar-refractivity contribution in [2.75, 3.05) is 6.61 Å². The van der Waals surface area contributed by atoms with Gasteiger partial charge in [-0.25, -0.2) is 4.79 Å². The van der Waals surface area contributed by atoms with E-state index in [2.05, 4.69) is 5.10 Å². The molecule has 8 nitrogen and oxygen atoms in total. The molecule has 0 aliphatic rings. The van der Waals surface area contributed by atoms with E-state index in [1.54, 1.807) is 20.8 Å². The first-order valence-corrected chi connectivity index (χ1v) is 6.50. The van der Waals surface area contributed by atoms with Gasteiger partial charge in [-0.1, -0.05) is 13.8 Å². The zero-order valence-corrected chi connectivity index (χ0v) is 12.7. The van der Waals surface area contributed by atoms with Gasteiger partial charge in [0.15, 0.2) is 5.41 Å². The Morgan fingerprint density at radius 1 is 1.62 bits per heavy atom. The van der Waals surface area contributed by atoms with E-state index in [0.29, 0.717) is 0 Å². The van der Waals surface area contributed by atoms with E-state index in [9.17, 15) is 20.2 Å². The van der Waals surface area contributed by atoms with Crippen molar-refractivity contribution in [3.63, 3.8) is 0 Å². The Hall–Kier alpha value is -2.43. The molecule has 1 unspecified atom stereocenters. The summed E-state index contributed by atoms with van der Waals surface area (Å²) in [7, 11) is 1.48. The number of aryl methyl sites for hydroxylation is 1. The molecule has 0 aromatic carbocycles. The summed E-state index contributed by atoms with van der Waals surface area (Å²) in [5, 5.41) is 24.9. The molecule has 0 aliphatic carbocycles. The maximum Gasteiger partial charge on any atom is 0.332 e. The van der Waals surface area contributed by atoms with E-state index in [4.69, 9.17) is 4.74 Å². The molecule has 114 valence electrons. The van der Waals surface area contributed by atoms with Crippen molar-refractivity contribution in [2.45, 2.75) is 39.0 Å². The molecule has 1 aromatic heterocycles. The summed E-state index contributed by atoms with van der Waals surface area (Å²) >= 11 is 0. The lowest BCUT2D eigenvalue weighted by atomic mass is 9.86. The molecule has 0 radical (unpaired) electrons. The Morgan fingerprint density at radius 2 is 2.19 bits per heavy atom. The summed E-state index contributed by atoms with van der Waals surface area (Å²) in [5.74, 6) is -1.04. The quantitative estimate of drug-likeness (QED) is 0.465. The van der Waals surface area contributed by atoms with Gasteiger partial charge in [0.05, 0.1) is 17.6 Å². The molecule has 0 spiro atoms. The molecular formula is C13H18N4O4. The molecule has 21 heavy (non-hydrogen) atoms. The van der Waals surface area contributed by atoms with Crippen molar-refractivity contribution in [3.8, 4) is 6.07 Å². The van der Waals surface area contributed by atoms with Crippen LogP contribution in [0.2, 0.25) is 0 Å². The van der Waals surface area contributed by atoms with Gasteiger partial charge in [-0.2, -0.15) is 10.4 Å². The van der Waals surface area contributed by atoms with E-state index >= 15 is 0 Å². The molecule has 0 amide bonds.